The second-order valence-corrected chi connectivity index (χ2v) is 10.4. The number of nitrogens with one attached hydrogen (secondary N) is 1. The molecule has 1 amide bonds. The van der Waals surface area contributed by atoms with E-state index in [-0.39, 0.29) is 22.8 Å². The smallest absolute Gasteiger partial charge is 0.324 e. The van der Waals surface area contributed by atoms with E-state index >= 15 is 0 Å². The molecular weight excluding hydrogens is 495 g/mol. The van der Waals surface area contributed by atoms with E-state index in [0.29, 0.717) is 15.4 Å². The molecular formula is C22H19ClF3N3O2S2. The first-order chi connectivity index (χ1) is 15.6. The molecule has 1 aromatic carbocycles. The highest BCUT2D eigenvalue weighted by molar-refractivity contribution is 8.00. The van der Waals surface area contributed by atoms with Gasteiger partial charge in [0.05, 0.1) is 26.9 Å². The van der Waals surface area contributed by atoms with Gasteiger partial charge in [-0.15, -0.1) is 17.9 Å². The van der Waals surface area contributed by atoms with E-state index < -0.39 is 22.9 Å². The predicted octanol–water partition coefficient (Wildman–Crippen LogP) is 5.92. The number of aromatic nitrogens is 2. The minimum absolute atomic E-state index is 0.00948. The number of allylic oxidation sites excluding steroid dienone is 1. The molecule has 5 nitrogen and oxygen atoms in total. The van der Waals surface area contributed by atoms with Crippen molar-refractivity contribution in [2.45, 2.75) is 49.3 Å². The fourth-order valence-electron chi connectivity index (χ4n) is 3.68. The maximum atomic E-state index is 13.2. The summed E-state index contributed by atoms with van der Waals surface area (Å²) in [5.74, 6) is -0.561. The lowest BCUT2D eigenvalue weighted by Crippen LogP contribution is -2.27. The molecule has 0 unspecified atom stereocenters. The Kier molecular flexibility index (Phi) is 6.61. The number of anilines is 1. The van der Waals surface area contributed by atoms with Crippen LogP contribution in [0.1, 0.15) is 29.3 Å². The Morgan fingerprint density at radius 2 is 2.18 bits per heavy atom. The molecule has 0 spiro atoms. The number of thioether (sulfide) groups is 1. The number of benzene rings is 1. The Balaban J connectivity index is 1.62. The topological polar surface area (TPSA) is 64.0 Å². The van der Waals surface area contributed by atoms with Crippen LogP contribution < -0.4 is 10.9 Å². The SMILES string of the molecule is C=CCn1c(S[C@H](C)C(=O)Nc2cc(C(F)(F)F)ccc2Cl)nc2sc3c(c2c1=O)CCC3. The fourth-order valence-corrected chi connectivity index (χ4v) is 6.07. The summed E-state index contributed by atoms with van der Waals surface area (Å²) in [6, 6.07) is 2.73. The number of amides is 1. The molecule has 0 saturated heterocycles. The fraction of sp³-hybridized carbons (Fsp3) is 0.318. The van der Waals surface area contributed by atoms with E-state index in [9.17, 15) is 22.8 Å². The number of hydrogen-bond donors (Lipinski definition) is 1. The van der Waals surface area contributed by atoms with Crippen molar-refractivity contribution in [3.05, 3.63) is 62.2 Å². The quantitative estimate of drug-likeness (QED) is 0.252. The van der Waals surface area contributed by atoms with Crippen molar-refractivity contribution in [3.63, 3.8) is 0 Å². The van der Waals surface area contributed by atoms with Gasteiger partial charge in [0.1, 0.15) is 4.83 Å². The minimum Gasteiger partial charge on any atom is -0.324 e. The van der Waals surface area contributed by atoms with Crippen LogP contribution in [-0.2, 0) is 30.4 Å². The van der Waals surface area contributed by atoms with Crippen molar-refractivity contribution < 1.29 is 18.0 Å². The maximum Gasteiger partial charge on any atom is 0.416 e. The zero-order chi connectivity index (χ0) is 23.9. The number of alkyl halides is 3. The van der Waals surface area contributed by atoms with Gasteiger partial charge in [-0.1, -0.05) is 29.4 Å². The molecule has 4 rings (SSSR count). The van der Waals surface area contributed by atoms with Crippen molar-refractivity contribution in [2.24, 2.45) is 0 Å². The Hall–Kier alpha value is -2.30. The Labute approximate surface area is 200 Å². The van der Waals surface area contributed by atoms with Gasteiger partial charge in [0, 0.05) is 11.4 Å². The first-order valence-electron chi connectivity index (χ1n) is 10.1. The van der Waals surface area contributed by atoms with Crippen LogP contribution in [0.5, 0.6) is 0 Å². The third-order valence-corrected chi connectivity index (χ3v) is 7.91. The van der Waals surface area contributed by atoms with Crippen molar-refractivity contribution in [1.82, 2.24) is 9.55 Å². The van der Waals surface area contributed by atoms with Crippen LogP contribution in [0.15, 0.2) is 40.8 Å². The van der Waals surface area contributed by atoms with Crippen LogP contribution >= 0.6 is 34.7 Å². The second-order valence-electron chi connectivity index (χ2n) is 7.58. The van der Waals surface area contributed by atoms with Gasteiger partial charge < -0.3 is 5.32 Å². The zero-order valence-electron chi connectivity index (χ0n) is 17.5. The number of fused-ring (bicyclic) bond motifs is 3. The van der Waals surface area contributed by atoms with Gasteiger partial charge in [0.15, 0.2) is 5.16 Å². The number of thiophene rings is 1. The summed E-state index contributed by atoms with van der Waals surface area (Å²) in [6.45, 7) is 5.52. The Bertz CT molecular complexity index is 1320. The van der Waals surface area contributed by atoms with E-state index in [2.05, 4.69) is 16.9 Å². The van der Waals surface area contributed by atoms with Gasteiger partial charge in [-0.25, -0.2) is 4.98 Å². The van der Waals surface area contributed by atoms with Crippen molar-refractivity contribution in [1.29, 1.82) is 0 Å². The zero-order valence-corrected chi connectivity index (χ0v) is 19.9. The van der Waals surface area contributed by atoms with Crippen LogP contribution in [0.25, 0.3) is 10.2 Å². The van der Waals surface area contributed by atoms with Gasteiger partial charge in [0.25, 0.3) is 5.56 Å². The van der Waals surface area contributed by atoms with E-state index in [1.165, 1.54) is 20.8 Å². The highest BCUT2D eigenvalue weighted by Crippen LogP contribution is 2.37. The molecule has 3 aromatic rings. The number of rotatable bonds is 6. The van der Waals surface area contributed by atoms with E-state index in [1.54, 1.807) is 13.0 Å². The number of aryl methyl sites for hydroxylation is 2. The van der Waals surface area contributed by atoms with Crippen LogP contribution in [0.3, 0.4) is 0 Å². The molecule has 2 heterocycles. The average Bonchev–Trinajstić information content (AvgIpc) is 3.32. The summed E-state index contributed by atoms with van der Waals surface area (Å²) in [6.07, 6.45) is -0.187. The largest absolute Gasteiger partial charge is 0.416 e. The normalized spacial score (nSPS) is 14.3. The van der Waals surface area contributed by atoms with Crippen molar-refractivity contribution in [3.8, 4) is 0 Å². The molecule has 33 heavy (non-hydrogen) atoms. The molecule has 0 saturated carbocycles. The van der Waals surface area contributed by atoms with E-state index in [0.717, 1.165) is 54.8 Å². The number of nitrogens with zero attached hydrogens (tertiary/aromatic N) is 2. The highest BCUT2D eigenvalue weighted by atomic mass is 35.5. The summed E-state index contributed by atoms with van der Waals surface area (Å²) in [5.41, 5.74) is -0.159. The van der Waals surface area contributed by atoms with Crippen molar-refractivity contribution in [2.75, 3.05) is 5.32 Å². The number of carbonyl (C=O) groups is 1. The third kappa shape index (κ3) is 4.69. The first-order valence-corrected chi connectivity index (χ1v) is 12.2. The average molecular weight is 514 g/mol. The molecule has 2 aromatic heterocycles. The number of hydrogen-bond acceptors (Lipinski definition) is 5. The lowest BCUT2D eigenvalue weighted by Gasteiger charge is -2.16. The molecule has 0 aliphatic heterocycles. The molecule has 0 bridgehead atoms. The predicted molar refractivity (Wildman–Crippen MR) is 127 cm³/mol. The molecule has 1 aliphatic rings. The summed E-state index contributed by atoms with van der Waals surface area (Å²) in [4.78, 5) is 32.4. The van der Waals surface area contributed by atoms with Crippen LogP contribution in [-0.4, -0.2) is 20.7 Å². The molecule has 1 aliphatic carbocycles. The highest BCUT2D eigenvalue weighted by Gasteiger charge is 2.31. The summed E-state index contributed by atoms with van der Waals surface area (Å²) >= 11 is 8.54. The molecule has 0 radical (unpaired) electrons. The standard InChI is InChI=1S/C22H19ClF3N3O2S2/c1-3-9-29-20(31)17-13-5-4-6-16(13)33-19(17)28-21(29)32-11(2)18(30)27-15-10-12(22(24,25)26)7-8-14(15)23/h3,7-8,10-11H,1,4-6,9H2,2H3,(H,27,30)/t11-/m1/s1. The van der Waals surface area contributed by atoms with E-state index in [4.69, 9.17) is 11.6 Å². The van der Waals surface area contributed by atoms with Crippen LogP contribution in [0.4, 0.5) is 18.9 Å². The second kappa shape index (κ2) is 9.15. The molecule has 1 atom stereocenters. The van der Waals surface area contributed by atoms with E-state index in [1.807, 2.05) is 0 Å². The maximum absolute atomic E-state index is 13.2. The minimum atomic E-state index is -4.56. The molecule has 1 N–H and O–H groups in total. The monoisotopic (exact) mass is 513 g/mol. The van der Waals surface area contributed by atoms with Crippen LogP contribution in [0.2, 0.25) is 5.02 Å². The molecule has 174 valence electrons. The summed E-state index contributed by atoms with van der Waals surface area (Å²) in [7, 11) is 0. The number of carbonyl (C=O) groups excluding carboxylic acids is 1. The Morgan fingerprint density at radius 3 is 2.88 bits per heavy atom. The molecule has 11 heteroatoms. The van der Waals surface area contributed by atoms with Gasteiger partial charge in [-0.05, 0) is 49.9 Å². The van der Waals surface area contributed by atoms with Crippen LogP contribution in [0, 0.1) is 0 Å². The Morgan fingerprint density at radius 1 is 1.42 bits per heavy atom. The van der Waals surface area contributed by atoms with Gasteiger partial charge in [-0.3, -0.25) is 14.2 Å². The molecule has 0 fully saturated rings. The van der Waals surface area contributed by atoms with Crippen molar-refractivity contribution >= 4 is 56.5 Å². The number of halogens is 4. The van der Waals surface area contributed by atoms with Gasteiger partial charge >= 0.3 is 6.18 Å². The third-order valence-electron chi connectivity index (χ3n) is 5.30. The summed E-state index contributed by atoms with van der Waals surface area (Å²) in [5, 5.41) is 2.67. The van der Waals surface area contributed by atoms with Gasteiger partial charge in [0.2, 0.25) is 5.91 Å². The first kappa shape index (κ1) is 23.8. The lowest BCUT2D eigenvalue weighted by molar-refractivity contribution is -0.137. The summed E-state index contributed by atoms with van der Waals surface area (Å²) < 4.78 is 40.5. The van der Waals surface area contributed by atoms with Gasteiger partial charge in [-0.2, -0.15) is 13.2 Å². The lowest BCUT2D eigenvalue weighted by atomic mass is 10.2.